The number of hydrogen-bond acceptors (Lipinski definition) is 1. The van der Waals surface area contributed by atoms with Crippen LogP contribution in [-0.4, -0.2) is 17.8 Å². The van der Waals surface area contributed by atoms with Crippen molar-refractivity contribution in [3.8, 4) is 0 Å². The van der Waals surface area contributed by atoms with E-state index in [2.05, 4.69) is 5.32 Å². The molecule has 0 aliphatic rings. The zero-order valence-electron chi connectivity index (χ0n) is 7.21. The molecule has 1 N–H and O–H groups in total. The minimum atomic E-state index is -4.15. The number of alkyl halides is 3. The van der Waals surface area contributed by atoms with Crippen LogP contribution in [0.15, 0.2) is 0 Å². The molecule has 0 saturated carbocycles. The van der Waals surface area contributed by atoms with Crippen LogP contribution in [0.3, 0.4) is 0 Å². The third kappa shape index (κ3) is 5.07. The molecule has 0 bridgehead atoms. The van der Waals surface area contributed by atoms with Gasteiger partial charge in [-0.25, -0.2) is 0 Å². The molecule has 0 rings (SSSR count). The first kappa shape index (κ1) is 10.8. The average molecular weight is 169 g/mol. The van der Waals surface area contributed by atoms with Gasteiger partial charge < -0.3 is 5.32 Å². The highest BCUT2D eigenvalue weighted by Crippen LogP contribution is 2.21. The summed E-state index contributed by atoms with van der Waals surface area (Å²) in [6, 6.07) is -1.44. The van der Waals surface area contributed by atoms with Crippen molar-refractivity contribution >= 4 is 0 Å². The summed E-state index contributed by atoms with van der Waals surface area (Å²) >= 11 is 0. The molecular formula is C7H14F3N. The van der Waals surface area contributed by atoms with E-state index < -0.39 is 17.8 Å². The molecule has 68 valence electrons. The second kappa shape index (κ2) is 3.01. The van der Waals surface area contributed by atoms with Gasteiger partial charge in [0.2, 0.25) is 0 Å². The maximum atomic E-state index is 11.9. The van der Waals surface area contributed by atoms with Crippen molar-refractivity contribution in [1.29, 1.82) is 0 Å². The first-order valence-electron chi connectivity index (χ1n) is 3.47. The van der Waals surface area contributed by atoms with Crippen LogP contribution in [0.1, 0.15) is 27.7 Å². The molecule has 0 spiro atoms. The van der Waals surface area contributed by atoms with Crippen molar-refractivity contribution in [3.05, 3.63) is 0 Å². The summed E-state index contributed by atoms with van der Waals surface area (Å²) in [6.07, 6.45) is -4.15. The molecule has 0 aliphatic heterocycles. The van der Waals surface area contributed by atoms with Crippen molar-refractivity contribution in [3.63, 3.8) is 0 Å². The predicted octanol–water partition coefficient (Wildman–Crippen LogP) is 2.33. The zero-order chi connectivity index (χ0) is 9.28. The Kier molecular flexibility index (Phi) is 2.94. The van der Waals surface area contributed by atoms with Crippen LogP contribution in [-0.2, 0) is 0 Å². The van der Waals surface area contributed by atoms with Gasteiger partial charge in [-0.05, 0) is 27.7 Å². The Hall–Kier alpha value is -0.250. The van der Waals surface area contributed by atoms with E-state index in [-0.39, 0.29) is 0 Å². The summed E-state index contributed by atoms with van der Waals surface area (Å²) in [4.78, 5) is 0. The van der Waals surface area contributed by atoms with Crippen LogP contribution < -0.4 is 5.32 Å². The maximum Gasteiger partial charge on any atom is 0.403 e. The summed E-state index contributed by atoms with van der Waals surface area (Å²) < 4.78 is 35.8. The standard InChI is InChI=1S/C7H14F3N/c1-5(7(8,9)10)11-6(2,3)4/h5,11H,1-4H3. The SMILES string of the molecule is CC(NC(C)(C)C)C(F)(F)F. The highest BCUT2D eigenvalue weighted by atomic mass is 19.4. The van der Waals surface area contributed by atoms with Crippen molar-refractivity contribution in [1.82, 2.24) is 5.32 Å². The number of nitrogens with one attached hydrogen (secondary N) is 1. The van der Waals surface area contributed by atoms with Gasteiger partial charge in [-0.3, -0.25) is 0 Å². The lowest BCUT2D eigenvalue weighted by Crippen LogP contribution is -2.49. The molecule has 0 aromatic rings. The van der Waals surface area contributed by atoms with E-state index in [1.807, 2.05) is 0 Å². The summed E-state index contributed by atoms with van der Waals surface area (Å²) in [5.74, 6) is 0. The van der Waals surface area contributed by atoms with Gasteiger partial charge in [0.05, 0.1) is 0 Å². The highest BCUT2D eigenvalue weighted by Gasteiger charge is 2.37. The number of hydrogen-bond donors (Lipinski definition) is 1. The molecule has 1 nitrogen and oxygen atoms in total. The van der Waals surface area contributed by atoms with Gasteiger partial charge in [0.1, 0.15) is 6.04 Å². The highest BCUT2D eigenvalue weighted by molar-refractivity contribution is 4.79. The molecule has 0 aliphatic carbocycles. The predicted molar refractivity (Wildman–Crippen MR) is 38.4 cm³/mol. The van der Waals surface area contributed by atoms with Crippen LogP contribution in [0, 0.1) is 0 Å². The molecule has 0 amide bonds. The van der Waals surface area contributed by atoms with Gasteiger partial charge in [-0.15, -0.1) is 0 Å². The van der Waals surface area contributed by atoms with Gasteiger partial charge >= 0.3 is 6.18 Å². The fraction of sp³-hybridized carbons (Fsp3) is 1.00. The molecule has 11 heavy (non-hydrogen) atoms. The van der Waals surface area contributed by atoms with Crippen LogP contribution >= 0.6 is 0 Å². The van der Waals surface area contributed by atoms with E-state index in [1.54, 1.807) is 20.8 Å². The summed E-state index contributed by atoms with van der Waals surface area (Å²) in [6.45, 7) is 6.23. The molecule has 1 atom stereocenters. The van der Waals surface area contributed by atoms with E-state index in [0.717, 1.165) is 6.92 Å². The molecule has 0 aromatic carbocycles. The minimum absolute atomic E-state index is 0.491. The maximum absolute atomic E-state index is 11.9. The normalized spacial score (nSPS) is 16.6. The topological polar surface area (TPSA) is 12.0 Å². The van der Waals surface area contributed by atoms with Crippen molar-refractivity contribution in [2.24, 2.45) is 0 Å². The molecule has 4 heteroatoms. The summed E-state index contributed by atoms with van der Waals surface area (Å²) in [5, 5.41) is 2.43. The second-order valence-electron chi connectivity index (χ2n) is 3.66. The molecule has 0 radical (unpaired) electrons. The van der Waals surface area contributed by atoms with E-state index in [0.29, 0.717) is 0 Å². The lowest BCUT2D eigenvalue weighted by Gasteiger charge is -2.27. The fourth-order valence-electron chi connectivity index (χ4n) is 0.731. The largest absolute Gasteiger partial charge is 0.403 e. The van der Waals surface area contributed by atoms with Gasteiger partial charge in [-0.2, -0.15) is 13.2 Å². The Morgan fingerprint density at radius 3 is 1.55 bits per heavy atom. The third-order valence-corrected chi connectivity index (χ3v) is 1.14. The van der Waals surface area contributed by atoms with E-state index in [1.165, 1.54) is 0 Å². The molecule has 0 saturated heterocycles. The Morgan fingerprint density at radius 1 is 1.09 bits per heavy atom. The van der Waals surface area contributed by atoms with Gasteiger partial charge in [0.15, 0.2) is 0 Å². The minimum Gasteiger partial charge on any atom is -0.302 e. The molecule has 1 unspecified atom stereocenters. The molecule has 0 aromatic heterocycles. The monoisotopic (exact) mass is 169 g/mol. The van der Waals surface area contributed by atoms with Gasteiger partial charge in [0.25, 0.3) is 0 Å². The van der Waals surface area contributed by atoms with E-state index >= 15 is 0 Å². The first-order valence-corrected chi connectivity index (χ1v) is 3.47. The number of rotatable bonds is 1. The van der Waals surface area contributed by atoms with Crippen molar-refractivity contribution in [2.45, 2.75) is 45.5 Å². The smallest absolute Gasteiger partial charge is 0.302 e. The van der Waals surface area contributed by atoms with Crippen LogP contribution in [0.5, 0.6) is 0 Å². The van der Waals surface area contributed by atoms with Gasteiger partial charge in [-0.1, -0.05) is 0 Å². The van der Waals surface area contributed by atoms with Crippen molar-refractivity contribution < 1.29 is 13.2 Å². The zero-order valence-corrected chi connectivity index (χ0v) is 7.21. The summed E-state index contributed by atoms with van der Waals surface area (Å²) in [5.41, 5.74) is -0.491. The molecule has 0 heterocycles. The fourth-order valence-corrected chi connectivity index (χ4v) is 0.731. The van der Waals surface area contributed by atoms with Crippen LogP contribution in [0.2, 0.25) is 0 Å². The Bertz CT molecular complexity index is 123. The Labute approximate surface area is 65.0 Å². The molecular weight excluding hydrogens is 155 g/mol. The van der Waals surface area contributed by atoms with Crippen molar-refractivity contribution in [2.75, 3.05) is 0 Å². The lowest BCUT2D eigenvalue weighted by molar-refractivity contribution is -0.155. The van der Waals surface area contributed by atoms with Gasteiger partial charge in [0, 0.05) is 5.54 Å². The second-order valence-corrected chi connectivity index (χ2v) is 3.66. The Morgan fingerprint density at radius 2 is 1.45 bits per heavy atom. The lowest BCUT2D eigenvalue weighted by atomic mass is 10.1. The molecule has 0 fully saturated rings. The average Bonchev–Trinajstić information content (AvgIpc) is 1.56. The van der Waals surface area contributed by atoms with E-state index in [9.17, 15) is 13.2 Å². The Balaban J connectivity index is 3.99. The summed E-state index contributed by atoms with van der Waals surface area (Å²) in [7, 11) is 0. The third-order valence-electron chi connectivity index (χ3n) is 1.14. The quantitative estimate of drug-likeness (QED) is 0.635. The van der Waals surface area contributed by atoms with E-state index in [4.69, 9.17) is 0 Å². The number of halogens is 3. The first-order chi connectivity index (χ1) is 4.63. The van der Waals surface area contributed by atoms with Crippen LogP contribution in [0.4, 0.5) is 13.2 Å². The van der Waals surface area contributed by atoms with Crippen LogP contribution in [0.25, 0.3) is 0 Å².